The molecule has 1 atom stereocenters. The van der Waals surface area contributed by atoms with Crippen LogP contribution >= 0.6 is 24.0 Å². The Hall–Kier alpha value is -0.130. The molecule has 26 heavy (non-hydrogen) atoms. The highest BCUT2D eigenvalue weighted by Gasteiger charge is 2.20. The summed E-state index contributed by atoms with van der Waals surface area (Å²) >= 11 is 0. The van der Waals surface area contributed by atoms with Gasteiger partial charge in [-0.1, -0.05) is 19.8 Å². The summed E-state index contributed by atoms with van der Waals surface area (Å²) in [5.41, 5.74) is 0. The quantitative estimate of drug-likeness (QED) is 0.174. The second-order valence-corrected chi connectivity index (χ2v) is 8.70. The van der Waals surface area contributed by atoms with Crippen LogP contribution in [0.25, 0.3) is 0 Å². The molecule has 1 saturated carbocycles. The lowest BCUT2D eigenvalue weighted by molar-refractivity contribution is 0.253. The number of nitrogens with one attached hydrogen (secondary N) is 3. The number of nitrogens with zero attached hydrogens (tertiary/aromatic N) is 1. The number of sulfonamides is 1. The van der Waals surface area contributed by atoms with Gasteiger partial charge in [-0.25, -0.2) is 13.1 Å². The standard InChI is InChI=1S/C17H36N4O3S.HI/c1-3-6-15(9-11-22)13-20-17(18-4-2)19-10-12-25(23,24)21-14-16-7-5-8-16;/h15-16,21-22H,3-14H2,1-2H3,(H2,18,19,20);1H. The third-order valence-corrected chi connectivity index (χ3v) is 5.91. The zero-order valence-electron chi connectivity index (χ0n) is 16.2. The highest BCUT2D eigenvalue weighted by Crippen LogP contribution is 2.25. The van der Waals surface area contributed by atoms with E-state index in [1.165, 1.54) is 6.42 Å². The predicted molar refractivity (Wildman–Crippen MR) is 119 cm³/mol. The number of aliphatic hydroxyl groups is 1. The van der Waals surface area contributed by atoms with Gasteiger partial charge in [0, 0.05) is 32.8 Å². The summed E-state index contributed by atoms with van der Waals surface area (Å²) in [5, 5.41) is 15.3. The Bertz CT molecular complexity index is 478. The lowest BCUT2D eigenvalue weighted by Crippen LogP contribution is -2.42. The Balaban J connectivity index is 0.00000625. The van der Waals surface area contributed by atoms with E-state index in [-0.39, 0.29) is 36.3 Å². The minimum atomic E-state index is -3.24. The molecule has 0 aromatic rings. The zero-order chi connectivity index (χ0) is 18.5. The second kappa shape index (κ2) is 14.9. The number of halogens is 1. The first kappa shape index (κ1) is 25.9. The Morgan fingerprint density at radius 2 is 1.96 bits per heavy atom. The third-order valence-electron chi connectivity index (χ3n) is 4.57. The molecule has 7 nitrogen and oxygen atoms in total. The van der Waals surface area contributed by atoms with Crippen LogP contribution in [0.3, 0.4) is 0 Å². The van der Waals surface area contributed by atoms with Gasteiger partial charge in [0.15, 0.2) is 5.96 Å². The molecular weight excluding hydrogens is 467 g/mol. The van der Waals surface area contributed by atoms with Crippen LogP contribution in [-0.2, 0) is 10.0 Å². The summed E-state index contributed by atoms with van der Waals surface area (Å²) in [6, 6.07) is 0. The fourth-order valence-electron chi connectivity index (χ4n) is 2.80. The first-order valence-electron chi connectivity index (χ1n) is 9.61. The Morgan fingerprint density at radius 3 is 2.50 bits per heavy atom. The molecule has 0 aliphatic heterocycles. The van der Waals surface area contributed by atoms with Crippen LogP contribution in [0, 0.1) is 11.8 Å². The summed E-state index contributed by atoms with van der Waals surface area (Å²) in [4.78, 5) is 4.54. The van der Waals surface area contributed by atoms with Crippen molar-refractivity contribution in [2.45, 2.75) is 52.4 Å². The molecule has 0 aromatic carbocycles. The third kappa shape index (κ3) is 11.6. The van der Waals surface area contributed by atoms with Crippen LogP contribution in [0.5, 0.6) is 0 Å². The number of aliphatic imine (C=N–C) groups is 1. The van der Waals surface area contributed by atoms with Crippen LogP contribution in [0.2, 0.25) is 0 Å². The van der Waals surface area contributed by atoms with Crippen LogP contribution in [0.4, 0.5) is 0 Å². The minimum absolute atomic E-state index is 0. The van der Waals surface area contributed by atoms with Crippen LogP contribution < -0.4 is 15.4 Å². The average molecular weight is 504 g/mol. The van der Waals surface area contributed by atoms with E-state index in [4.69, 9.17) is 5.11 Å². The molecule has 0 amide bonds. The van der Waals surface area contributed by atoms with E-state index in [0.717, 1.165) is 38.6 Å². The molecule has 0 spiro atoms. The van der Waals surface area contributed by atoms with Crippen molar-refractivity contribution in [3.05, 3.63) is 0 Å². The Morgan fingerprint density at radius 1 is 1.23 bits per heavy atom. The van der Waals surface area contributed by atoms with Crippen molar-refractivity contribution in [1.29, 1.82) is 0 Å². The van der Waals surface area contributed by atoms with Crippen molar-refractivity contribution in [1.82, 2.24) is 15.4 Å². The van der Waals surface area contributed by atoms with Crippen molar-refractivity contribution >= 4 is 40.0 Å². The number of hydrogen-bond acceptors (Lipinski definition) is 4. The van der Waals surface area contributed by atoms with Crippen molar-refractivity contribution < 1.29 is 13.5 Å². The number of guanidine groups is 1. The lowest BCUT2D eigenvalue weighted by Gasteiger charge is -2.25. The van der Waals surface area contributed by atoms with Gasteiger partial charge in [0.05, 0.1) is 5.75 Å². The molecule has 1 rings (SSSR count). The van der Waals surface area contributed by atoms with Crippen molar-refractivity contribution in [3.8, 4) is 0 Å². The second-order valence-electron chi connectivity index (χ2n) is 6.78. The van der Waals surface area contributed by atoms with E-state index in [1.807, 2.05) is 6.92 Å². The van der Waals surface area contributed by atoms with Gasteiger partial charge in [0.1, 0.15) is 0 Å². The minimum Gasteiger partial charge on any atom is -0.396 e. The van der Waals surface area contributed by atoms with Gasteiger partial charge in [-0.3, -0.25) is 4.99 Å². The smallest absolute Gasteiger partial charge is 0.213 e. The van der Waals surface area contributed by atoms with Gasteiger partial charge in [0.25, 0.3) is 0 Å². The first-order chi connectivity index (χ1) is 12.0. The number of rotatable bonds is 13. The molecule has 1 unspecified atom stereocenters. The molecule has 0 aromatic heterocycles. The van der Waals surface area contributed by atoms with Gasteiger partial charge in [-0.05, 0) is 44.4 Å². The SMILES string of the molecule is CCCC(CCO)CN=C(NCC)NCCS(=O)(=O)NCC1CCC1.I. The van der Waals surface area contributed by atoms with Crippen molar-refractivity contribution in [2.24, 2.45) is 16.8 Å². The number of hydrogen-bond donors (Lipinski definition) is 4. The van der Waals surface area contributed by atoms with E-state index >= 15 is 0 Å². The van der Waals surface area contributed by atoms with Gasteiger partial charge < -0.3 is 15.7 Å². The molecule has 4 N–H and O–H groups in total. The lowest BCUT2D eigenvalue weighted by atomic mass is 9.86. The normalized spacial score (nSPS) is 16.5. The maximum atomic E-state index is 12.0. The molecule has 156 valence electrons. The summed E-state index contributed by atoms with van der Waals surface area (Å²) in [6.07, 6.45) is 6.31. The Labute approximate surface area is 176 Å². The molecule has 0 heterocycles. The predicted octanol–water partition coefficient (Wildman–Crippen LogP) is 1.68. The highest BCUT2D eigenvalue weighted by atomic mass is 127. The maximum Gasteiger partial charge on any atom is 0.213 e. The topological polar surface area (TPSA) is 103 Å². The molecule has 1 fully saturated rings. The first-order valence-corrected chi connectivity index (χ1v) is 11.3. The van der Waals surface area contributed by atoms with E-state index in [1.54, 1.807) is 0 Å². The van der Waals surface area contributed by atoms with Gasteiger partial charge in [0.2, 0.25) is 10.0 Å². The molecular formula is C17H37IN4O3S. The monoisotopic (exact) mass is 504 g/mol. The summed E-state index contributed by atoms with van der Waals surface area (Å²) in [7, 11) is -3.24. The van der Waals surface area contributed by atoms with Crippen LogP contribution in [-0.4, -0.2) is 58.0 Å². The molecule has 9 heteroatoms. The van der Waals surface area contributed by atoms with Crippen molar-refractivity contribution in [2.75, 3.05) is 38.5 Å². The van der Waals surface area contributed by atoms with Gasteiger partial charge >= 0.3 is 0 Å². The summed E-state index contributed by atoms with van der Waals surface area (Å²) < 4.78 is 26.7. The summed E-state index contributed by atoms with van der Waals surface area (Å²) in [6.45, 7) is 6.52. The maximum absolute atomic E-state index is 12.0. The van der Waals surface area contributed by atoms with E-state index in [2.05, 4.69) is 27.3 Å². The Kier molecular flexibility index (Phi) is 14.8. The van der Waals surface area contributed by atoms with Gasteiger partial charge in [-0.2, -0.15) is 0 Å². The zero-order valence-corrected chi connectivity index (χ0v) is 19.3. The summed E-state index contributed by atoms with van der Waals surface area (Å²) in [5.74, 6) is 1.55. The fourth-order valence-corrected chi connectivity index (χ4v) is 3.80. The number of aliphatic hydroxyl groups excluding tert-OH is 1. The van der Waals surface area contributed by atoms with Crippen molar-refractivity contribution in [3.63, 3.8) is 0 Å². The molecule has 0 saturated heterocycles. The largest absolute Gasteiger partial charge is 0.396 e. The van der Waals surface area contributed by atoms with Crippen LogP contribution in [0.1, 0.15) is 52.4 Å². The molecule has 1 aliphatic carbocycles. The molecule has 0 bridgehead atoms. The molecule has 1 aliphatic rings. The average Bonchev–Trinajstić information content (AvgIpc) is 2.51. The fraction of sp³-hybridized carbons (Fsp3) is 0.941. The van der Waals surface area contributed by atoms with E-state index in [0.29, 0.717) is 37.4 Å². The molecule has 0 radical (unpaired) electrons. The van der Waals surface area contributed by atoms with Crippen LogP contribution in [0.15, 0.2) is 4.99 Å². The highest BCUT2D eigenvalue weighted by molar-refractivity contribution is 14.0. The van der Waals surface area contributed by atoms with Gasteiger partial charge in [-0.15, -0.1) is 24.0 Å². The van der Waals surface area contributed by atoms with E-state index < -0.39 is 10.0 Å². The van der Waals surface area contributed by atoms with E-state index in [9.17, 15) is 8.42 Å².